The third kappa shape index (κ3) is 4.06. The van der Waals surface area contributed by atoms with E-state index in [0.29, 0.717) is 37.7 Å². The van der Waals surface area contributed by atoms with Crippen LogP contribution < -0.4 is 24.2 Å². The minimum Gasteiger partial charge on any atom is -0.545 e. The number of hydrogen-bond donors (Lipinski definition) is 0. The van der Waals surface area contributed by atoms with Crippen molar-refractivity contribution < 1.29 is 28.9 Å². The number of carbonyl (C=O) groups is 2. The van der Waals surface area contributed by atoms with Gasteiger partial charge in [0.05, 0.1) is 37.9 Å². The van der Waals surface area contributed by atoms with Crippen LogP contribution in [0.5, 0.6) is 17.2 Å². The van der Waals surface area contributed by atoms with Crippen LogP contribution in [0.4, 0.5) is 5.69 Å². The molecule has 1 saturated heterocycles. The maximum absolute atomic E-state index is 12.9. The van der Waals surface area contributed by atoms with Crippen LogP contribution in [-0.4, -0.2) is 37.5 Å². The molecule has 0 aromatic heterocycles. The number of hydrogen-bond acceptors (Lipinski definition) is 8. The summed E-state index contributed by atoms with van der Waals surface area (Å²) in [6.07, 6.45) is 1.68. The summed E-state index contributed by atoms with van der Waals surface area (Å²) < 4.78 is 16.3. The number of ether oxygens (including phenoxy) is 3. The van der Waals surface area contributed by atoms with E-state index in [1.54, 1.807) is 18.2 Å². The lowest BCUT2D eigenvalue weighted by atomic mass is 10.1. The Morgan fingerprint density at radius 3 is 2.14 bits per heavy atom. The number of methoxy groups -OCH3 is 3. The Labute approximate surface area is 176 Å². The Balaban J connectivity index is 1.95. The molecule has 150 valence electrons. The second kappa shape index (κ2) is 8.54. The van der Waals surface area contributed by atoms with E-state index >= 15 is 0 Å². The van der Waals surface area contributed by atoms with Gasteiger partial charge < -0.3 is 24.1 Å². The Bertz CT molecular complexity index is 991. The Hall–Kier alpha value is -3.04. The first-order chi connectivity index (χ1) is 13.9. The molecular formula is C20H16NO6S2-. The van der Waals surface area contributed by atoms with Gasteiger partial charge in [0.2, 0.25) is 5.75 Å². The number of aromatic carboxylic acids is 1. The molecule has 1 heterocycles. The molecule has 9 heteroatoms. The zero-order valence-electron chi connectivity index (χ0n) is 15.8. The van der Waals surface area contributed by atoms with Gasteiger partial charge in [-0.1, -0.05) is 36.1 Å². The second-order valence-electron chi connectivity index (χ2n) is 5.81. The average Bonchev–Trinajstić information content (AvgIpc) is 3.00. The Kier molecular flexibility index (Phi) is 6.09. The predicted octanol–water partition coefficient (Wildman–Crippen LogP) is 2.48. The van der Waals surface area contributed by atoms with Crippen LogP contribution in [0.1, 0.15) is 15.9 Å². The van der Waals surface area contributed by atoms with E-state index in [2.05, 4.69) is 0 Å². The quantitative estimate of drug-likeness (QED) is 0.510. The van der Waals surface area contributed by atoms with Gasteiger partial charge in [-0.3, -0.25) is 9.69 Å². The minimum atomic E-state index is -1.29. The van der Waals surface area contributed by atoms with Crippen LogP contribution in [-0.2, 0) is 4.79 Å². The lowest BCUT2D eigenvalue weighted by Gasteiger charge is -2.15. The highest BCUT2D eigenvalue weighted by atomic mass is 32.2. The van der Waals surface area contributed by atoms with Gasteiger partial charge in [0.15, 0.2) is 15.8 Å². The third-order valence-electron chi connectivity index (χ3n) is 4.14. The zero-order chi connectivity index (χ0) is 21.1. The van der Waals surface area contributed by atoms with Crippen molar-refractivity contribution in [1.29, 1.82) is 0 Å². The summed E-state index contributed by atoms with van der Waals surface area (Å²) >= 11 is 6.49. The molecule has 0 N–H and O–H groups in total. The smallest absolute Gasteiger partial charge is 0.270 e. The second-order valence-corrected chi connectivity index (χ2v) is 7.49. The Morgan fingerprint density at radius 2 is 1.66 bits per heavy atom. The first-order valence-electron chi connectivity index (χ1n) is 8.29. The topological polar surface area (TPSA) is 88.1 Å². The number of anilines is 1. The van der Waals surface area contributed by atoms with E-state index in [0.717, 1.165) is 11.8 Å². The highest BCUT2D eigenvalue weighted by molar-refractivity contribution is 8.27. The number of thiocarbonyl (C=S) groups is 1. The molecule has 1 aliphatic heterocycles. The monoisotopic (exact) mass is 430 g/mol. The third-order valence-corrected chi connectivity index (χ3v) is 5.44. The molecule has 2 aromatic rings. The van der Waals surface area contributed by atoms with E-state index in [4.69, 9.17) is 26.4 Å². The van der Waals surface area contributed by atoms with Crippen molar-refractivity contribution in [3.05, 3.63) is 52.4 Å². The van der Waals surface area contributed by atoms with Crippen LogP contribution in [0.15, 0.2) is 41.3 Å². The van der Waals surface area contributed by atoms with E-state index < -0.39 is 5.97 Å². The Morgan fingerprint density at radius 1 is 1.07 bits per heavy atom. The highest BCUT2D eigenvalue weighted by Gasteiger charge is 2.33. The number of carboxylic acids is 1. The van der Waals surface area contributed by atoms with Gasteiger partial charge in [0.25, 0.3) is 5.91 Å². The summed E-state index contributed by atoms with van der Waals surface area (Å²) in [5, 5.41) is 10.9. The van der Waals surface area contributed by atoms with Gasteiger partial charge >= 0.3 is 0 Å². The van der Waals surface area contributed by atoms with Crippen LogP contribution in [0.3, 0.4) is 0 Å². The lowest BCUT2D eigenvalue weighted by Crippen LogP contribution is -2.28. The van der Waals surface area contributed by atoms with Crippen LogP contribution in [0.25, 0.3) is 6.08 Å². The minimum absolute atomic E-state index is 0.0205. The first kappa shape index (κ1) is 20.7. The number of amides is 1. The summed E-state index contributed by atoms with van der Waals surface area (Å²) in [4.78, 5) is 25.6. The van der Waals surface area contributed by atoms with E-state index in [1.807, 2.05) is 0 Å². The van der Waals surface area contributed by atoms with Gasteiger partial charge in [-0.25, -0.2) is 0 Å². The fourth-order valence-corrected chi connectivity index (χ4v) is 4.07. The molecule has 1 amide bonds. The molecular weight excluding hydrogens is 414 g/mol. The normalized spacial score (nSPS) is 15.0. The summed E-state index contributed by atoms with van der Waals surface area (Å²) in [5.41, 5.74) is 1.17. The standard InChI is InChI=1S/C20H17NO6S2/c1-25-14-8-11(9-15(26-2)17(14)27-3)10-16-18(22)21(20(28)29-16)13-6-4-12(5-7-13)19(23)24/h4-10H,1-3H3,(H,23,24)/p-1/b16-10-. The number of benzene rings is 2. The molecule has 1 aliphatic rings. The van der Waals surface area contributed by atoms with Gasteiger partial charge in [0, 0.05) is 0 Å². The lowest BCUT2D eigenvalue weighted by molar-refractivity contribution is -0.255. The molecule has 29 heavy (non-hydrogen) atoms. The molecule has 0 spiro atoms. The number of carboxylic acid groups (broad SMARTS) is 1. The summed E-state index contributed by atoms with van der Waals surface area (Å²) in [6, 6.07) is 9.21. The maximum Gasteiger partial charge on any atom is 0.270 e. The predicted molar refractivity (Wildman–Crippen MR) is 113 cm³/mol. The van der Waals surface area contributed by atoms with Gasteiger partial charge in [-0.15, -0.1) is 0 Å². The summed E-state index contributed by atoms with van der Waals surface area (Å²) in [7, 11) is 4.53. The van der Waals surface area contributed by atoms with Crippen molar-refractivity contribution >= 4 is 51.9 Å². The molecule has 0 saturated carbocycles. The van der Waals surface area contributed by atoms with Crippen molar-refractivity contribution in [2.45, 2.75) is 0 Å². The number of thioether (sulfide) groups is 1. The van der Waals surface area contributed by atoms with Crippen molar-refractivity contribution in [3.8, 4) is 17.2 Å². The number of carbonyl (C=O) groups excluding carboxylic acids is 2. The van der Waals surface area contributed by atoms with Crippen molar-refractivity contribution in [2.75, 3.05) is 26.2 Å². The fraction of sp³-hybridized carbons (Fsp3) is 0.150. The number of rotatable bonds is 6. The summed E-state index contributed by atoms with van der Waals surface area (Å²) in [6.45, 7) is 0. The van der Waals surface area contributed by atoms with Gasteiger partial charge in [-0.05, 0) is 41.5 Å². The maximum atomic E-state index is 12.9. The molecule has 0 bridgehead atoms. The first-order valence-corrected chi connectivity index (χ1v) is 9.51. The van der Waals surface area contributed by atoms with E-state index in [9.17, 15) is 14.7 Å². The molecule has 3 rings (SSSR count). The molecule has 1 fully saturated rings. The molecule has 0 radical (unpaired) electrons. The van der Waals surface area contributed by atoms with E-state index in [-0.39, 0.29) is 11.5 Å². The van der Waals surface area contributed by atoms with Gasteiger partial charge in [-0.2, -0.15) is 0 Å². The fourth-order valence-electron chi connectivity index (χ4n) is 2.77. The SMILES string of the molecule is COc1cc(/C=C2\SC(=S)N(c3ccc(C(=O)[O-])cc3)C2=O)cc(OC)c1OC. The van der Waals surface area contributed by atoms with Crippen molar-refractivity contribution in [2.24, 2.45) is 0 Å². The molecule has 0 unspecified atom stereocenters. The van der Waals surface area contributed by atoms with Gasteiger partial charge in [0.1, 0.15) is 0 Å². The highest BCUT2D eigenvalue weighted by Crippen LogP contribution is 2.41. The summed E-state index contributed by atoms with van der Waals surface area (Å²) in [5.74, 6) is -0.218. The molecule has 7 nitrogen and oxygen atoms in total. The van der Waals surface area contributed by atoms with E-state index in [1.165, 1.54) is 50.5 Å². The van der Waals surface area contributed by atoms with Crippen molar-refractivity contribution in [1.82, 2.24) is 0 Å². The average molecular weight is 430 g/mol. The molecule has 0 atom stereocenters. The van der Waals surface area contributed by atoms with Crippen LogP contribution in [0.2, 0.25) is 0 Å². The largest absolute Gasteiger partial charge is 0.545 e. The van der Waals surface area contributed by atoms with Crippen LogP contribution in [0, 0.1) is 0 Å². The molecule has 0 aliphatic carbocycles. The number of nitrogens with zero attached hydrogens (tertiary/aromatic N) is 1. The van der Waals surface area contributed by atoms with Crippen LogP contribution >= 0.6 is 24.0 Å². The molecule has 2 aromatic carbocycles. The zero-order valence-corrected chi connectivity index (χ0v) is 17.4. The van der Waals surface area contributed by atoms with Crippen molar-refractivity contribution in [3.63, 3.8) is 0 Å².